The fraction of sp³-hybridized carbons (Fsp3) is 0.0909. The van der Waals surface area contributed by atoms with Crippen molar-refractivity contribution in [3.8, 4) is 0 Å². The minimum Gasteiger partial charge on any atom is -0.288 e. The highest BCUT2D eigenvalue weighted by Crippen LogP contribution is 2.34. The zero-order chi connectivity index (χ0) is 11.5. The van der Waals surface area contributed by atoms with Crippen molar-refractivity contribution in [2.45, 2.75) is 4.21 Å². The second-order valence-corrected chi connectivity index (χ2v) is 7.27. The fourth-order valence-corrected chi connectivity index (χ4v) is 5.03. The van der Waals surface area contributed by atoms with E-state index in [1.54, 1.807) is 11.8 Å². The van der Waals surface area contributed by atoms with Gasteiger partial charge in [-0.3, -0.25) is 4.79 Å². The molecule has 1 heterocycles. The van der Waals surface area contributed by atoms with Crippen molar-refractivity contribution in [1.82, 2.24) is 0 Å². The van der Waals surface area contributed by atoms with Crippen molar-refractivity contribution in [1.29, 1.82) is 0 Å². The molecule has 0 bridgehead atoms. The number of rotatable bonds is 3. The minimum atomic E-state index is 0.0716. The summed E-state index contributed by atoms with van der Waals surface area (Å²) in [6.45, 7) is 0. The number of benzene rings is 1. The summed E-state index contributed by atoms with van der Waals surface area (Å²) in [5, 5.41) is 0. The van der Waals surface area contributed by atoms with Crippen LogP contribution in [0.3, 0.4) is 0 Å². The van der Waals surface area contributed by atoms with Gasteiger partial charge in [-0.25, -0.2) is 0 Å². The summed E-state index contributed by atoms with van der Waals surface area (Å²) in [5.41, 5.74) is 0.724. The Morgan fingerprint density at radius 2 is 1.94 bits per heavy atom. The lowest BCUT2D eigenvalue weighted by Crippen LogP contribution is -1.98. The van der Waals surface area contributed by atoms with Gasteiger partial charge in [-0.1, -0.05) is 42.5 Å². The molecule has 16 heavy (non-hydrogen) atoms. The molecule has 0 amide bonds. The smallest absolute Gasteiger partial charge is 0.205 e. The molecule has 0 atom stereocenters. The second kappa shape index (κ2) is 5.23. The van der Waals surface area contributed by atoms with Crippen LogP contribution in [0.5, 0.6) is 0 Å². The van der Waals surface area contributed by atoms with E-state index in [0.29, 0.717) is 0 Å². The predicted molar refractivity (Wildman–Crippen MR) is 74.7 cm³/mol. The van der Waals surface area contributed by atoms with Crippen LogP contribution >= 0.6 is 46.7 Å². The molecule has 2 aromatic rings. The van der Waals surface area contributed by atoms with Gasteiger partial charge in [0.1, 0.15) is 8.01 Å². The van der Waals surface area contributed by atoms with Crippen LogP contribution in [0.1, 0.15) is 15.2 Å². The molecule has 0 spiro atoms. The van der Waals surface area contributed by atoms with Crippen molar-refractivity contribution in [2.24, 2.45) is 0 Å². The topological polar surface area (TPSA) is 17.1 Å². The first-order chi connectivity index (χ1) is 7.72. The van der Waals surface area contributed by atoms with Crippen molar-refractivity contribution in [2.75, 3.05) is 6.26 Å². The highest BCUT2D eigenvalue weighted by atomic mass is 32.2. The van der Waals surface area contributed by atoms with Crippen LogP contribution in [0.15, 0.2) is 34.5 Å². The molecular weight excluding hydrogens is 276 g/mol. The van der Waals surface area contributed by atoms with Crippen LogP contribution in [-0.2, 0) is 0 Å². The Kier molecular flexibility index (Phi) is 3.91. The lowest BCUT2D eigenvalue weighted by molar-refractivity contribution is 0.104. The van der Waals surface area contributed by atoms with Crippen LogP contribution in [0, 0.1) is 3.14 Å². The molecule has 0 aliphatic rings. The van der Waals surface area contributed by atoms with E-state index in [9.17, 15) is 4.79 Å². The molecule has 2 rings (SSSR count). The van der Waals surface area contributed by atoms with E-state index in [4.69, 9.17) is 12.2 Å². The highest BCUT2D eigenvalue weighted by molar-refractivity contribution is 8.01. The van der Waals surface area contributed by atoms with Crippen LogP contribution in [0.2, 0.25) is 0 Å². The molecule has 0 fully saturated rings. The molecule has 0 saturated carbocycles. The van der Waals surface area contributed by atoms with Gasteiger partial charge >= 0.3 is 0 Å². The first kappa shape index (κ1) is 12.0. The third-order valence-corrected chi connectivity index (χ3v) is 5.87. The maximum absolute atomic E-state index is 12.2. The van der Waals surface area contributed by atoms with Gasteiger partial charge in [0.2, 0.25) is 5.78 Å². The zero-order valence-electron chi connectivity index (χ0n) is 8.43. The minimum absolute atomic E-state index is 0.0716. The molecule has 1 nitrogen and oxygen atoms in total. The van der Waals surface area contributed by atoms with Gasteiger partial charge in [-0.05, 0) is 6.26 Å². The van der Waals surface area contributed by atoms with Gasteiger partial charge in [0.05, 0.1) is 4.21 Å². The lowest BCUT2D eigenvalue weighted by atomic mass is 10.1. The molecular formula is C11H8OS4. The number of carbonyl (C=O) groups excluding carboxylic acids is 1. The number of hydrogen-bond acceptors (Lipinski definition) is 5. The first-order valence-electron chi connectivity index (χ1n) is 4.50. The summed E-state index contributed by atoms with van der Waals surface area (Å²) in [6, 6.07) is 9.32. The summed E-state index contributed by atoms with van der Waals surface area (Å²) >= 11 is 9.63. The van der Waals surface area contributed by atoms with Crippen LogP contribution < -0.4 is 0 Å². The van der Waals surface area contributed by atoms with Crippen LogP contribution in [0.25, 0.3) is 0 Å². The summed E-state index contributed by atoms with van der Waals surface area (Å²) in [4.78, 5) is 13.0. The average molecular weight is 284 g/mol. The zero-order valence-corrected chi connectivity index (χ0v) is 11.7. The number of thioether (sulfide) groups is 1. The van der Waals surface area contributed by atoms with E-state index in [1.807, 2.05) is 36.6 Å². The highest BCUT2D eigenvalue weighted by Gasteiger charge is 2.16. The standard InChI is InChI=1S/C11H8OS4/c1-14-10-9(15-11(13)16-10)8(12)7-5-3-2-4-6-7/h2-6H,1H3. The van der Waals surface area contributed by atoms with E-state index in [1.165, 1.54) is 22.7 Å². The van der Waals surface area contributed by atoms with Crippen molar-refractivity contribution >= 4 is 52.4 Å². The van der Waals surface area contributed by atoms with Gasteiger partial charge in [-0.2, -0.15) is 0 Å². The SMILES string of the molecule is CSc1sc(=S)sc1C(=O)c1ccccc1. The Morgan fingerprint density at radius 1 is 1.25 bits per heavy atom. The molecule has 0 saturated heterocycles. The summed E-state index contributed by atoms with van der Waals surface area (Å²) in [7, 11) is 0. The molecule has 0 N–H and O–H groups in total. The molecule has 1 aromatic carbocycles. The van der Waals surface area contributed by atoms with E-state index in [2.05, 4.69) is 0 Å². The van der Waals surface area contributed by atoms with E-state index < -0.39 is 0 Å². The Morgan fingerprint density at radius 3 is 2.56 bits per heavy atom. The van der Waals surface area contributed by atoms with Crippen molar-refractivity contribution in [3.05, 3.63) is 43.9 Å². The molecule has 0 radical (unpaired) electrons. The Balaban J connectivity index is 2.45. The molecule has 1 aromatic heterocycles. The Labute approximate surface area is 111 Å². The van der Waals surface area contributed by atoms with Gasteiger partial charge in [0.15, 0.2) is 0 Å². The first-order valence-corrected chi connectivity index (χ1v) is 7.76. The lowest BCUT2D eigenvalue weighted by Gasteiger charge is -1.99. The number of carbonyl (C=O) groups is 1. The molecule has 0 aliphatic heterocycles. The summed E-state index contributed by atoms with van der Waals surface area (Å²) < 4.78 is 1.83. The average Bonchev–Trinajstić information content (AvgIpc) is 2.70. The summed E-state index contributed by atoms with van der Waals surface area (Å²) in [6.07, 6.45) is 1.97. The predicted octanol–water partition coefficient (Wildman–Crippen LogP) is 4.49. The van der Waals surface area contributed by atoms with E-state index in [-0.39, 0.29) is 5.78 Å². The molecule has 5 heteroatoms. The fourth-order valence-electron chi connectivity index (χ4n) is 1.26. The second-order valence-electron chi connectivity index (χ2n) is 2.97. The van der Waals surface area contributed by atoms with Crippen LogP contribution in [-0.4, -0.2) is 12.0 Å². The Hall–Kier alpha value is -0.490. The molecule has 82 valence electrons. The molecule has 0 aliphatic carbocycles. The van der Waals surface area contributed by atoms with Crippen molar-refractivity contribution < 1.29 is 4.79 Å². The number of hydrogen-bond donors (Lipinski definition) is 0. The maximum Gasteiger partial charge on any atom is 0.205 e. The van der Waals surface area contributed by atoms with Gasteiger partial charge in [0, 0.05) is 5.56 Å². The van der Waals surface area contributed by atoms with Gasteiger partial charge in [-0.15, -0.1) is 34.4 Å². The van der Waals surface area contributed by atoms with Crippen molar-refractivity contribution in [3.63, 3.8) is 0 Å². The van der Waals surface area contributed by atoms with Crippen LogP contribution in [0.4, 0.5) is 0 Å². The summed E-state index contributed by atoms with van der Waals surface area (Å²) in [5.74, 6) is 0.0716. The maximum atomic E-state index is 12.2. The van der Waals surface area contributed by atoms with Gasteiger partial charge in [0.25, 0.3) is 0 Å². The quantitative estimate of drug-likeness (QED) is 0.469. The number of ketones is 1. The van der Waals surface area contributed by atoms with Gasteiger partial charge < -0.3 is 0 Å². The largest absolute Gasteiger partial charge is 0.288 e. The third kappa shape index (κ3) is 2.43. The Bertz CT molecular complexity index is 553. The normalized spacial score (nSPS) is 10.3. The monoisotopic (exact) mass is 284 g/mol. The van der Waals surface area contributed by atoms with E-state index in [0.717, 1.165) is 17.8 Å². The molecule has 0 unspecified atom stereocenters. The third-order valence-electron chi connectivity index (χ3n) is 1.97. The van der Waals surface area contributed by atoms with E-state index >= 15 is 0 Å².